The Morgan fingerprint density at radius 1 is 1.45 bits per heavy atom. The molecule has 2 nitrogen and oxygen atoms in total. The van der Waals surface area contributed by atoms with Gasteiger partial charge in [0, 0.05) is 6.07 Å². The van der Waals surface area contributed by atoms with Crippen LogP contribution in [0.2, 0.25) is 0 Å². The highest BCUT2D eigenvalue weighted by molar-refractivity contribution is 7.90. The molecule has 1 aromatic rings. The second-order valence-corrected chi connectivity index (χ2v) is 3.51. The molecule has 0 bridgehead atoms. The predicted octanol–water partition coefficient (Wildman–Crippen LogP) is 1.43. The van der Waals surface area contributed by atoms with Crippen molar-refractivity contribution in [3.05, 3.63) is 24.3 Å². The molecule has 0 N–H and O–H groups in total. The van der Waals surface area contributed by atoms with Crippen molar-refractivity contribution >= 4 is 11.2 Å². The van der Waals surface area contributed by atoms with Crippen molar-refractivity contribution in [3.8, 4) is 5.75 Å². The van der Waals surface area contributed by atoms with E-state index < -0.39 is 11.2 Å². The third-order valence-electron chi connectivity index (χ3n) is 1.37. The third kappa shape index (κ3) is 2.13. The molecule has 1 aromatic carbocycles. The predicted molar refractivity (Wildman–Crippen MR) is 45.3 cm³/mol. The van der Waals surface area contributed by atoms with E-state index in [0.717, 1.165) is 10.6 Å². The Hall–Kier alpha value is -0.670. The molecule has 1 atom stereocenters. The molecule has 0 fully saturated rings. The van der Waals surface area contributed by atoms with Crippen molar-refractivity contribution in [2.24, 2.45) is 0 Å². The van der Waals surface area contributed by atoms with Gasteiger partial charge in [-0.15, -0.1) is 0 Å². The van der Waals surface area contributed by atoms with Gasteiger partial charge in [-0.2, -0.15) is 0 Å². The summed E-state index contributed by atoms with van der Waals surface area (Å²) in [6.45, 7) is 0. The lowest BCUT2D eigenvalue weighted by molar-refractivity contribution is 0.413. The normalized spacial score (nSPS) is 12.6. The summed E-state index contributed by atoms with van der Waals surface area (Å²) in [6, 6.07) is 7.25. The molecule has 3 heteroatoms. The van der Waals surface area contributed by atoms with Gasteiger partial charge in [-0.3, -0.25) is 0 Å². The fourth-order valence-electron chi connectivity index (χ4n) is 0.780. The second kappa shape index (κ2) is 3.64. The molecular formula is C8H10O2S. The van der Waals surface area contributed by atoms with Gasteiger partial charge in [0.05, 0.1) is 7.11 Å². The van der Waals surface area contributed by atoms with Gasteiger partial charge in [0.2, 0.25) is 0 Å². The van der Waals surface area contributed by atoms with Crippen molar-refractivity contribution in [1.29, 1.82) is 0 Å². The van der Waals surface area contributed by atoms with Crippen LogP contribution in [0.3, 0.4) is 0 Å². The summed E-state index contributed by atoms with van der Waals surface area (Å²) in [5.41, 5.74) is 0. The Morgan fingerprint density at radius 3 is 2.73 bits per heavy atom. The van der Waals surface area contributed by atoms with Gasteiger partial charge in [0.25, 0.3) is 0 Å². The molecule has 0 spiro atoms. The van der Waals surface area contributed by atoms with Gasteiger partial charge in [-0.25, -0.2) is 0 Å². The summed E-state index contributed by atoms with van der Waals surface area (Å²) in [5, 5.41) is 0. The number of rotatable bonds is 2. The van der Waals surface area contributed by atoms with Crippen molar-refractivity contribution < 1.29 is 9.29 Å². The highest BCUT2D eigenvalue weighted by atomic mass is 32.2. The smallest absolute Gasteiger partial charge is 0.156 e. The van der Waals surface area contributed by atoms with E-state index in [1.54, 1.807) is 19.4 Å². The molecule has 1 rings (SSSR count). The summed E-state index contributed by atoms with van der Waals surface area (Å²) in [4.78, 5) is 0.796. The average molecular weight is 170 g/mol. The minimum atomic E-state index is -0.921. The van der Waals surface area contributed by atoms with Crippen molar-refractivity contribution in [2.75, 3.05) is 13.4 Å². The van der Waals surface area contributed by atoms with Crippen LogP contribution < -0.4 is 4.74 Å². The van der Waals surface area contributed by atoms with Gasteiger partial charge >= 0.3 is 0 Å². The Kier molecular flexibility index (Phi) is 2.79. The van der Waals surface area contributed by atoms with E-state index in [0.29, 0.717) is 0 Å². The highest BCUT2D eigenvalue weighted by Crippen LogP contribution is 2.16. The number of hydrogen-bond acceptors (Lipinski definition) is 2. The van der Waals surface area contributed by atoms with Gasteiger partial charge < -0.3 is 9.29 Å². The van der Waals surface area contributed by atoms with Crippen LogP contribution in [0.4, 0.5) is 0 Å². The first-order chi connectivity index (χ1) is 5.24. The van der Waals surface area contributed by atoms with Crippen LogP contribution in [-0.4, -0.2) is 17.9 Å². The van der Waals surface area contributed by atoms with Crippen LogP contribution in [0.25, 0.3) is 0 Å². The van der Waals surface area contributed by atoms with E-state index in [2.05, 4.69) is 0 Å². The summed E-state index contributed by atoms with van der Waals surface area (Å²) in [6.07, 6.45) is 1.65. The van der Waals surface area contributed by atoms with E-state index in [9.17, 15) is 4.55 Å². The number of benzene rings is 1. The standard InChI is InChI=1S/C8H10O2S/c1-10-7-4-3-5-8(6-7)11(2)9/h3-6H,1-2H3. The van der Waals surface area contributed by atoms with Crippen LogP contribution in [-0.2, 0) is 11.2 Å². The summed E-state index contributed by atoms with van der Waals surface area (Å²) in [5.74, 6) is 0.748. The topological polar surface area (TPSA) is 32.3 Å². The van der Waals surface area contributed by atoms with Gasteiger partial charge in [-0.05, 0) is 23.3 Å². The molecule has 0 aliphatic rings. The Balaban J connectivity index is 2.91. The molecule has 0 aliphatic carbocycles. The first-order valence-corrected chi connectivity index (χ1v) is 4.77. The Morgan fingerprint density at radius 2 is 2.18 bits per heavy atom. The maximum atomic E-state index is 11.0. The van der Waals surface area contributed by atoms with Gasteiger partial charge in [-0.1, -0.05) is 6.07 Å². The fraction of sp³-hybridized carbons (Fsp3) is 0.250. The quantitative estimate of drug-likeness (QED) is 0.629. The minimum Gasteiger partial charge on any atom is -0.612 e. The molecule has 0 saturated carbocycles. The molecular weight excluding hydrogens is 160 g/mol. The lowest BCUT2D eigenvalue weighted by Gasteiger charge is -2.04. The van der Waals surface area contributed by atoms with Crippen molar-refractivity contribution in [2.45, 2.75) is 4.90 Å². The molecule has 60 valence electrons. The molecule has 0 radical (unpaired) electrons. The van der Waals surface area contributed by atoms with Crippen LogP contribution in [0.15, 0.2) is 29.2 Å². The zero-order chi connectivity index (χ0) is 8.27. The molecule has 0 aliphatic heterocycles. The van der Waals surface area contributed by atoms with Crippen molar-refractivity contribution in [1.82, 2.24) is 0 Å². The molecule has 0 heterocycles. The Labute approximate surface area is 69.4 Å². The van der Waals surface area contributed by atoms with Crippen molar-refractivity contribution in [3.63, 3.8) is 0 Å². The van der Waals surface area contributed by atoms with E-state index in [4.69, 9.17) is 4.74 Å². The monoisotopic (exact) mass is 170 g/mol. The summed E-state index contributed by atoms with van der Waals surface area (Å²) >= 11 is -0.921. The highest BCUT2D eigenvalue weighted by Gasteiger charge is 2.03. The van der Waals surface area contributed by atoms with Crippen LogP contribution >= 0.6 is 0 Å². The number of methoxy groups -OCH3 is 1. The zero-order valence-electron chi connectivity index (χ0n) is 6.53. The van der Waals surface area contributed by atoms with Gasteiger partial charge in [0.1, 0.15) is 12.0 Å². The molecule has 0 saturated heterocycles. The largest absolute Gasteiger partial charge is 0.612 e. The lowest BCUT2D eigenvalue weighted by atomic mass is 10.3. The van der Waals surface area contributed by atoms with Gasteiger partial charge in [0.15, 0.2) is 4.90 Å². The number of hydrogen-bond donors (Lipinski definition) is 0. The summed E-state index contributed by atoms with van der Waals surface area (Å²) in [7, 11) is 1.59. The maximum Gasteiger partial charge on any atom is 0.156 e. The molecule has 1 unspecified atom stereocenters. The van der Waals surface area contributed by atoms with Crippen LogP contribution in [0.1, 0.15) is 0 Å². The first-order valence-electron chi connectivity index (χ1n) is 3.21. The fourth-order valence-corrected chi connectivity index (χ4v) is 1.33. The minimum absolute atomic E-state index is 0.748. The average Bonchev–Trinajstić information content (AvgIpc) is 2.05. The molecule has 0 aromatic heterocycles. The lowest BCUT2D eigenvalue weighted by Crippen LogP contribution is -1.96. The third-order valence-corrected chi connectivity index (χ3v) is 2.29. The molecule has 0 amide bonds. The first kappa shape index (κ1) is 8.43. The van der Waals surface area contributed by atoms with Crippen LogP contribution in [0.5, 0.6) is 5.75 Å². The summed E-state index contributed by atoms with van der Waals surface area (Å²) < 4.78 is 15.9. The van der Waals surface area contributed by atoms with E-state index in [1.807, 2.05) is 18.2 Å². The Bertz CT molecular complexity index is 235. The SMILES string of the molecule is COc1cccc([S+](C)[O-])c1. The van der Waals surface area contributed by atoms with E-state index in [1.165, 1.54) is 0 Å². The van der Waals surface area contributed by atoms with E-state index in [-0.39, 0.29) is 0 Å². The zero-order valence-corrected chi connectivity index (χ0v) is 7.35. The maximum absolute atomic E-state index is 11.0. The number of ether oxygens (including phenoxy) is 1. The van der Waals surface area contributed by atoms with E-state index >= 15 is 0 Å². The molecule has 11 heavy (non-hydrogen) atoms. The second-order valence-electron chi connectivity index (χ2n) is 2.13. The van der Waals surface area contributed by atoms with Crippen LogP contribution in [0, 0.1) is 0 Å².